The lowest BCUT2D eigenvalue weighted by Crippen LogP contribution is -2.43. The number of nitrogens with zero attached hydrogens (tertiary/aromatic N) is 4. The lowest BCUT2D eigenvalue weighted by atomic mass is 10.2. The third-order valence-electron chi connectivity index (χ3n) is 3.03. The van der Waals surface area contributed by atoms with Gasteiger partial charge >= 0.3 is 5.69 Å². The molecule has 0 radical (unpaired) electrons. The van der Waals surface area contributed by atoms with Crippen molar-refractivity contribution in [2.45, 2.75) is 6.10 Å². The van der Waals surface area contributed by atoms with E-state index in [2.05, 4.69) is 15.2 Å². The number of likely N-dealkylation sites (N-methyl/N-ethyl adjacent to an activating group) is 1. The maximum absolute atomic E-state index is 11.0. The summed E-state index contributed by atoms with van der Waals surface area (Å²) in [6, 6.07) is 3.05. The van der Waals surface area contributed by atoms with Crippen LogP contribution in [0.4, 0.5) is 11.5 Å². The van der Waals surface area contributed by atoms with E-state index in [1.807, 2.05) is 13.1 Å². The first-order valence-electron chi connectivity index (χ1n) is 6.18. The van der Waals surface area contributed by atoms with Crippen molar-refractivity contribution in [2.75, 3.05) is 38.6 Å². The SMILES string of the molecule is CN1CCOC(CNc2ncc(C#N)cc2[N+](=O)[O-])C1. The van der Waals surface area contributed by atoms with Crippen molar-refractivity contribution in [3.8, 4) is 6.07 Å². The summed E-state index contributed by atoms with van der Waals surface area (Å²) in [7, 11) is 2.00. The van der Waals surface area contributed by atoms with Crippen molar-refractivity contribution in [2.24, 2.45) is 0 Å². The van der Waals surface area contributed by atoms with E-state index in [0.29, 0.717) is 13.2 Å². The van der Waals surface area contributed by atoms with Gasteiger partial charge in [-0.05, 0) is 7.05 Å². The molecule has 20 heavy (non-hydrogen) atoms. The fraction of sp³-hybridized carbons (Fsp3) is 0.500. The van der Waals surface area contributed by atoms with Gasteiger partial charge in [-0.1, -0.05) is 0 Å². The van der Waals surface area contributed by atoms with Gasteiger partial charge in [-0.2, -0.15) is 5.26 Å². The van der Waals surface area contributed by atoms with Crippen molar-refractivity contribution in [1.82, 2.24) is 9.88 Å². The number of anilines is 1. The molecule has 0 amide bonds. The average Bonchev–Trinajstić information content (AvgIpc) is 2.45. The van der Waals surface area contributed by atoms with Gasteiger partial charge in [-0.15, -0.1) is 0 Å². The molecule has 0 spiro atoms. The minimum absolute atomic E-state index is 0.0363. The molecule has 2 heterocycles. The van der Waals surface area contributed by atoms with Gasteiger partial charge in [0.2, 0.25) is 5.82 Å². The second-order valence-corrected chi connectivity index (χ2v) is 4.60. The fourth-order valence-corrected chi connectivity index (χ4v) is 1.99. The summed E-state index contributed by atoms with van der Waals surface area (Å²) >= 11 is 0. The number of ether oxygens (including phenoxy) is 1. The number of hydrogen-bond acceptors (Lipinski definition) is 7. The number of nitrogens with one attached hydrogen (secondary N) is 1. The molecule has 2 rings (SSSR count). The van der Waals surface area contributed by atoms with Crippen molar-refractivity contribution in [3.05, 3.63) is 27.9 Å². The Balaban J connectivity index is 2.05. The third kappa shape index (κ3) is 3.40. The molecule has 1 aliphatic rings. The number of morpholine rings is 1. The maximum atomic E-state index is 11.0. The predicted molar refractivity (Wildman–Crippen MR) is 71.3 cm³/mol. The summed E-state index contributed by atoms with van der Waals surface area (Å²) in [4.78, 5) is 16.5. The Morgan fingerprint density at radius 2 is 2.55 bits per heavy atom. The molecule has 1 fully saturated rings. The van der Waals surface area contributed by atoms with E-state index in [-0.39, 0.29) is 23.2 Å². The molecule has 0 aliphatic carbocycles. The van der Waals surface area contributed by atoms with Crippen LogP contribution in [0.25, 0.3) is 0 Å². The molecular formula is C12H15N5O3. The molecular weight excluding hydrogens is 262 g/mol. The van der Waals surface area contributed by atoms with E-state index in [0.717, 1.165) is 13.1 Å². The Hall–Kier alpha value is -2.24. The number of rotatable bonds is 4. The van der Waals surface area contributed by atoms with E-state index in [1.165, 1.54) is 12.3 Å². The smallest absolute Gasteiger partial charge is 0.312 e. The van der Waals surface area contributed by atoms with E-state index in [4.69, 9.17) is 10.00 Å². The van der Waals surface area contributed by atoms with Gasteiger partial charge in [0.1, 0.15) is 6.07 Å². The van der Waals surface area contributed by atoms with E-state index in [1.54, 1.807) is 0 Å². The summed E-state index contributed by atoms with van der Waals surface area (Å²) in [5.41, 5.74) is -0.0379. The Labute approximate surface area is 116 Å². The van der Waals surface area contributed by atoms with Crippen LogP contribution in [0.1, 0.15) is 5.56 Å². The molecule has 0 aromatic carbocycles. The summed E-state index contributed by atoms with van der Waals surface area (Å²) in [6.45, 7) is 2.72. The van der Waals surface area contributed by atoms with Crippen LogP contribution in [0.15, 0.2) is 12.3 Å². The van der Waals surface area contributed by atoms with Gasteiger partial charge in [0.05, 0.1) is 23.2 Å². The molecule has 1 aromatic rings. The average molecular weight is 277 g/mol. The van der Waals surface area contributed by atoms with E-state index in [9.17, 15) is 10.1 Å². The normalized spacial score (nSPS) is 19.3. The van der Waals surface area contributed by atoms with Crippen molar-refractivity contribution < 1.29 is 9.66 Å². The standard InChI is InChI=1S/C12H15N5O3/c1-16-2-3-20-10(8-16)7-15-12-11(17(18)19)4-9(5-13)6-14-12/h4,6,10H,2-3,7-8H2,1H3,(H,14,15). The van der Waals surface area contributed by atoms with Gasteiger partial charge < -0.3 is 15.0 Å². The van der Waals surface area contributed by atoms with Crippen LogP contribution in [0.2, 0.25) is 0 Å². The van der Waals surface area contributed by atoms with Crippen LogP contribution in [0.5, 0.6) is 0 Å². The van der Waals surface area contributed by atoms with Gasteiger partial charge in [0.15, 0.2) is 0 Å². The summed E-state index contributed by atoms with van der Waals surface area (Å²) in [5, 5.41) is 22.6. The van der Waals surface area contributed by atoms with Crippen LogP contribution < -0.4 is 5.32 Å². The lowest BCUT2D eigenvalue weighted by Gasteiger charge is -2.30. The number of aromatic nitrogens is 1. The summed E-state index contributed by atoms with van der Waals surface area (Å²) in [6.07, 6.45) is 1.27. The molecule has 106 valence electrons. The highest BCUT2D eigenvalue weighted by molar-refractivity contribution is 5.58. The predicted octanol–water partition coefficient (Wildman–Crippen LogP) is 0.604. The van der Waals surface area contributed by atoms with Crippen molar-refractivity contribution in [1.29, 1.82) is 5.26 Å². The van der Waals surface area contributed by atoms with Gasteiger partial charge in [0.25, 0.3) is 0 Å². The summed E-state index contributed by atoms with van der Waals surface area (Å²) < 4.78 is 5.56. The molecule has 1 N–H and O–H groups in total. The topological polar surface area (TPSA) is 104 Å². The number of nitriles is 1. The van der Waals surface area contributed by atoms with Gasteiger partial charge in [-0.3, -0.25) is 10.1 Å². The molecule has 1 atom stereocenters. The third-order valence-corrected chi connectivity index (χ3v) is 3.03. The Kier molecular flexibility index (Phi) is 4.45. The molecule has 1 saturated heterocycles. The largest absolute Gasteiger partial charge is 0.374 e. The minimum Gasteiger partial charge on any atom is -0.374 e. The van der Waals surface area contributed by atoms with Crippen LogP contribution in [-0.2, 0) is 4.74 Å². The maximum Gasteiger partial charge on any atom is 0.312 e. The van der Waals surface area contributed by atoms with Crippen molar-refractivity contribution in [3.63, 3.8) is 0 Å². The monoisotopic (exact) mass is 277 g/mol. The number of pyridine rings is 1. The lowest BCUT2D eigenvalue weighted by molar-refractivity contribution is -0.384. The Morgan fingerprint density at radius 3 is 3.20 bits per heavy atom. The minimum atomic E-state index is -0.552. The zero-order valence-corrected chi connectivity index (χ0v) is 11.1. The molecule has 1 aromatic heterocycles. The molecule has 0 saturated carbocycles. The fourth-order valence-electron chi connectivity index (χ4n) is 1.99. The number of hydrogen-bond donors (Lipinski definition) is 1. The van der Waals surface area contributed by atoms with E-state index >= 15 is 0 Å². The second kappa shape index (κ2) is 6.27. The molecule has 1 unspecified atom stereocenters. The first-order valence-corrected chi connectivity index (χ1v) is 6.18. The number of nitro groups is 1. The zero-order chi connectivity index (χ0) is 14.5. The van der Waals surface area contributed by atoms with Gasteiger partial charge in [0, 0.05) is 31.9 Å². The Morgan fingerprint density at radius 1 is 1.75 bits per heavy atom. The van der Waals surface area contributed by atoms with Crippen LogP contribution in [-0.4, -0.2) is 54.2 Å². The highest BCUT2D eigenvalue weighted by atomic mass is 16.6. The van der Waals surface area contributed by atoms with Crippen LogP contribution in [0.3, 0.4) is 0 Å². The molecule has 0 bridgehead atoms. The Bertz CT molecular complexity index is 542. The van der Waals surface area contributed by atoms with E-state index < -0.39 is 4.92 Å². The van der Waals surface area contributed by atoms with Crippen LogP contribution >= 0.6 is 0 Å². The molecule has 1 aliphatic heterocycles. The second-order valence-electron chi connectivity index (χ2n) is 4.60. The highest BCUT2D eigenvalue weighted by Gasteiger charge is 2.20. The highest BCUT2D eigenvalue weighted by Crippen LogP contribution is 2.22. The molecule has 8 heteroatoms. The van der Waals surface area contributed by atoms with Crippen molar-refractivity contribution >= 4 is 11.5 Å². The summed E-state index contributed by atoms with van der Waals surface area (Å²) in [5.74, 6) is 0.158. The zero-order valence-electron chi connectivity index (χ0n) is 11.1. The quantitative estimate of drug-likeness (QED) is 0.634. The van der Waals surface area contributed by atoms with Gasteiger partial charge in [-0.25, -0.2) is 4.98 Å². The molecule has 8 nitrogen and oxygen atoms in total. The first-order chi connectivity index (χ1) is 9.60. The van der Waals surface area contributed by atoms with Crippen LogP contribution in [0, 0.1) is 21.4 Å². The first kappa shape index (κ1) is 14.2.